The second-order valence-electron chi connectivity index (χ2n) is 4.57. The molecule has 1 unspecified atom stereocenters. The molecule has 1 N–H and O–H groups in total. The zero-order valence-electron chi connectivity index (χ0n) is 10.7. The van der Waals surface area contributed by atoms with Gasteiger partial charge in [-0.3, -0.25) is 0 Å². The van der Waals surface area contributed by atoms with Crippen molar-refractivity contribution in [2.24, 2.45) is 5.92 Å². The average Bonchev–Trinajstić information content (AvgIpc) is 2.89. The van der Waals surface area contributed by atoms with Crippen LogP contribution in [0.3, 0.4) is 0 Å². The molecule has 1 fully saturated rings. The summed E-state index contributed by atoms with van der Waals surface area (Å²) >= 11 is 0. The normalized spacial score (nSPS) is 20.3. The predicted octanol–water partition coefficient (Wildman–Crippen LogP) is 0.183. The molecule has 2 rings (SSSR count). The quantitative estimate of drug-likeness (QED) is 0.850. The first-order valence-corrected chi connectivity index (χ1v) is 7.53. The van der Waals surface area contributed by atoms with Crippen molar-refractivity contribution in [1.82, 2.24) is 14.6 Å². The monoisotopic (exact) mass is 280 g/mol. The highest BCUT2D eigenvalue weighted by Crippen LogP contribution is 2.23. The van der Waals surface area contributed by atoms with Gasteiger partial charge in [-0.2, -0.15) is 9.57 Å². The number of pyridine rings is 1. The zero-order chi connectivity index (χ0) is 13.9. The summed E-state index contributed by atoms with van der Waals surface area (Å²) < 4.78 is 26.2. The molecule has 102 valence electrons. The van der Waals surface area contributed by atoms with Gasteiger partial charge in [0.15, 0.2) is 0 Å². The van der Waals surface area contributed by atoms with Crippen LogP contribution >= 0.6 is 0 Å². The van der Waals surface area contributed by atoms with Gasteiger partial charge in [0.25, 0.3) is 0 Å². The van der Waals surface area contributed by atoms with E-state index in [4.69, 9.17) is 5.26 Å². The molecule has 7 heteroatoms. The number of nitriles is 1. The van der Waals surface area contributed by atoms with Crippen molar-refractivity contribution in [3.63, 3.8) is 0 Å². The first-order valence-electron chi connectivity index (χ1n) is 6.09. The van der Waals surface area contributed by atoms with Crippen LogP contribution < -0.4 is 5.32 Å². The molecule has 0 bridgehead atoms. The molecule has 1 aromatic heterocycles. The summed E-state index contributed by atoms with van der Waals surface area (Å²) in [6, 6.07) is 4.73. The van der Waals surface area contributed by atoms with Crippen LogP contribution in [0.25, 0.3) is 0 Å². The molecule has 0 aromatic carbocycles. The van der Waals surface area contributed by atoms with E-state index in [-0.39, 0.29) is 10.6 Å². The van der Waals surface area contributed by atoms with E-state index in [2.05, 4.69) is 10.3 Å². The van der Waals surface area contributed by atoms with E-state index in [9.17, 15) is 8.42 Å². The first kappa shape index (κ1) is 13.9. The molecular formula is C12H16N4O2S. The molecule has 19 heavy (non-hydrogen) atoms. The molecule has 0 aliphatic carbocycles. The van der Waals surface area contributed by atoms with Crippen molar-refractivity contribution < 1.29 is 8.42 Å². The highest BCUT2D eigenvalue weighted by Gasteiger charge is 2.32. The molecule has 6 nitrogen and oxygen atoms in total. The van der Waals surface area contributed by atoms with E-state index >= 15 is 0 Å². The van der Waals surface area contributed by atoms with Crippen LogP contribution in [0.2, 0.25) is 0 Å². The lowest BCUT2D eigenvalue weighted by atomic mass is 10.1. The van der Waals surface area contributed by atoms with Gasteiger partial charge in [-0.05, 0) is 38.1 Å². The Morgan fingerprint density at radius 1 is 1.58 bits per heavy atom. The predicted molar refractivity (Wildman–Crippen MR) is 69.7 cm³/mol. The summed E-state index contributed by atoms with van der Waals surface area (Å²) in [5.74, 6) is 0.353. The van der Waals surface area contributed by atoms with Gasteiger partial charge in [0.2, 0.25) is 10.0 Å². The van der Waals surface area contributed by atoms with Crippen molar-refractivity contribution in [3.8, 4) is 6.07 Å². The summed E-state index contributed by atoms with van der Waals surface area (Å²) in [5.41, 5.74) is 0.216. The SMILES string of the molecule is CNCC1CCN(S(=O)(=O)c2ccc(C#N)nc2)C1. The van der Waals surface area contributed by atoms with E-state index in [1.54, 1.807) is 0 Å². The van der Waals surface area contributed by atoms with Crippen LogP contribution in [0, 0.1) is 17.2 Å². The highest BCUT2D eigenvalue weighted by molar-refractivity contribution is 7.89. The number of sulfonamides is 1. The summed E-state index contributed by atoms with van der Waals surface area (Å²) in [6.07, 6.45) is 2.11. The fourth-order valence-corrected chi connectivity index (χ4v) is 3.70. The average molecular weight is 280 g/mol. The largest absolute Gasteiger partial charge is 0.319 e. The number of aromatic nitrogens is 1. The van der Waals surface area contributed by atoms with Crippen molar-refractivity contribution >= 4 is 10.0 Å². The summed E-state index contributed by atoms with van der Waals surface area (Å²) in [6.45, 7) is 1.88. The zero-order valence-corrected chi connectivity index (χ0v) is 11.5. The Hall–Kier alpha value is -1.49. The maximum Gasteiger partial charge on any atom is 0.244 e. The maximum atomic E-state index is 12.4. The molecule has 1 aliphatic heterocycles. The summed E-state index contributed by atoms with van der Waals surface area (Å²) in [5, 5.41) is 11.7. The first-order chi connectivity index (χ1) is 9.07. The third-order valence-corrected chi connectivity index (χ3v) is 5.08. The van der Waals surface area contributed by atoms with Crippen LogP contribution in [-0.4, -0.2) is 44.4 Å². The van der Waals surface area contributed by atoms with Crippen molar-refractivity contribution in [1.29, 1.82) is 5.26 Å². The minimum Gasteiger partial charge on any atom is -0.319 e. The second kappa shape index (κ2) is 5.65. The van der Waals surface area contributed by atoms with Gasteiger partial charge >= 0.3 is 0 Å². The van der Waals surface area contributed by atoms with Crippen LogP contribution in [0.5, 0.6) is 0 Å². The lowest BCUT2D eigenvalue weighted by Gasteiger charge is -2.16. The highest BCUT2D eigenvalue weighted by atomic mass is 32.2. The van der Waals surface area contributed by atoms with Crippen molar-refractivity contribution in [3.05, 3.63) is 24.0 Å². The summed E-state index contributed by atoms with van der Waals surface area (Å²) in [4.78, 5) is 3.96. The van der Waals surface area contributed by atoms with Gasteiger partial charge in [-0.15, -0.1) is 0 Å². The molecule has 1 atom stereocenters. The number of hydrogen-bond donors (Lipinski definition) is 1. The molecule has 0 spiro atoms. The molecule has 1 saturated heterocycles. The van der Waals surface area contributed by atoms with Gasteiger partial charge in [0.05, 0.1) is 0 Å². The Bertz CT molecular complexity index is 577. The van der Waals surface area contributed by atoms with Gasteiger partial charge in [0.1, 0.15) is 16.7 Å². The van der Waals surface area contributed by atoms with Crippen LogP contribution in [0.1, 0.15) is 12.1 Å². The van der Waals surface area contributed by atoms with Crippen LogP contribution in [0.4, 0.5) is 0 Å². The van der Waals surface area contributed by atoms with Crippen molar-refractivity contribution in [2.75, 3.05) is 26.7 Å². The third kappa shape index (κ3) is 2.92. The molecule has 1 aromatic rings. The van der Waals surface area contributed by atoms with E-state index < -0.39 is 10.0 Å². The van der Waals surface area contributed by atoms with E-state index in [1.807, 2.05) is 13.1 Å². The van der Waals surface area contributed by atoms with Gasteiger partial charge in [-0.1, -0.05) is 0 Å². The van der Waals surface area contributed by atoms with E-state index in [1.165, 1.54) is 22.6 Å². The molecule has 0 amide bonds. The Morgan fingerprint density at radius 3 is 2.95 bits per heavy atom. The molecular weight excluding hydrogens is 264 g/mol. The molecule has 0 saturated carbocycles. The Kier molecular flexibility index (Phi) is 4.14. The van der Waals surface area contributed by atoms with Gasteiger partial charge in [-0.25, -0.2) is 13.4 Å². The third-order valence-electron chi connectivity index (χ3n) is 3.23. The fraction of sp³-hybridized carbons (Fsp3) is 0.500. The van der Waals surface area contributed by atoms with Crippen LogP contribution in [-0.2, 0) is 10.0 Å². The Balaban J connectivity index is 2.16. The summed E-state index contributed by atoms with van der Waals surface area (Å²) in [7, 11) is -1.62. The minimum atomic E-state index is -3.48. The van der Waals surface area contributed by atoms with Crippen LogP contribution in [0.15, 0.2) is 23.2 Å². The van der Waals surface area contributed by atoms with Gasteiger partial charge in [0, 0.05) is 19.3 Å². The standard InChI is InChI=1S/C12H16N4O2S/c1-14-7-10-4-5-16(9-10)19(17,18)12-3-2-11(6-13)15-8-12/h2-3,8,10,14H,4-5,7,9H2,1H3. The molecule has 2 heterocycles. The number of rotatable bonds is 4. The minimum absolute atomic E-state index is 0.150. The van der Waals surface area contributed by atoms with E-state index in [0.717, 1.165) is 13.0 Å². The van der Waals surface area contributed by atoms with E-state index in [0.29, 0.717) is 19.0 Å². The lowest BCUT2D eigenvalue weighted by Crippen LogP contribution is -2.30. The fourth-order valence-electron chi connectivity index (χ4n) is 2.22. The maximum absolute atomic E-state index is 12.4. The van der Waals surface area contributed by atoms with Crippen molar-refractivity contribution in [2.45, 2.75) is 11.3 Å². The number of hydrogen-bond acceptors (Lipinski definition) is 5. The Morgan fingerprint density at radius 2 is 2.37 bits per heavy atom. The second-order valence-corrected chi connectivity index (χ2v) is 6.50. The molecule has 0 radical (unpaired) electrons. The smallest absolute Gasteiger partial charge is 0.244 e. The number of nitrogens with zero attached hydrogens (tertiary/aromatic N) is 3. The number of nitrogens with one attached hydrogen (secondary N) is 1. The van der Waals surface area contributed by atoms with Gasteiger partial charge < -0.3 is 5.32 Å². The lowest BCUT2D eigenvalue weighted by molar-refractivity contribution is 0.451. The Labute approximate surface area is 113 Å². The molecule has 1 aliphatic rings. The topological polar surface area (TPSA) is 86.1 Å².